The highest BCUT2D eigenvalue weighted by molar-refractivity contribution is 5.92. The molecular weight excluding hydrogens is 346 g/mol. The number of urea groups is 1. The van der Waals surface area contributed by atoms with Crippen molar-refractivity contribution in [2.75, 3.05) is 0 Å². The van der Waals surface area contributed by atoms with Crippen LogP contribution in [-0.4, -0.2) is 24.0 Å². The first-order valence-electron chi connectivity index (χ1n) is 8.55. The second kappa shape index (κ2) is 9.38. The Morgan fingerprint density at radius 3 is 2.22 bits per heavy atom. The van der Waals surface area contributed by atoms with E-state index in [0.717, 1.165) is 11.1 Å². The number of carbonyl (C=O) groups excluding carboxylic acids is 3. The Labute approximate surface area is 157 Å². The van der Waals surface area contributed by atoms with Gasteiger partial charge in [-0.3, -0.25) is 4.79 Å². The lowest BCUT2D eigenvalue weighted by Crippen LogP contribution is -2.37. The monoisotopic (exact) mass is 369 g/mol. The minimum atomic E-state index is -0.931. The molecule has 27 heavy (non-hydrogen) atoms. The van der Waals surface area contributed by atoms with E-state index in [0.29, 0.717) is 5.56 Å². The van der Waals surface area contributed by atoms with E-state index in [-0.39, 0.29) is 18.5 Å². The van der Waals surface area contributed by atoms with Gasteiger partial charge in [0.05, 0.1) is 11.6 Å². The van der Waals surface area contributed by atoms with Gasteiger partial charge in [0, 0.05) is 6.54 Å². The molecule has 0 aliphatic heterocycles. The number of nitrogens with one attached hydrogen (secondary N) is 2. The molecule has 0 aliphatic carbocycles. The van der Waals surface area contributed by atoms with E-state index in [1.165, 1.54) is 6.92 Å². The Hall–Kier alpha value is -3.35. The van der Waals surface area contributed by atoms with Crippen molar-refractivity contribution < 1.29 is 19.1 Å². The second-order valence-corrected chi connectivity index (χ2v) is 6.10. The molecule has 0 saturated carbocycles. The van der Waals surface area contributed by atoms with Gasteiger partial charge in [-0.1, -0.05) is 42.5 Å². The van der Waals surface area contributed by atoms with Crippen molar-refractivity contribution in [1.29, 1.82) is 0 Å². The summed E-state index contributed by atoms with van der Waals surface area (Å²) in [6.45, 7) is 3.65. The maximum atomic E-state index is 12.3. The van der Waals surface area contributed by atoms with E-state index in [2.05, 4.69) is 10.6 Å². The summed E-state index contributed by atoms with van der Waals surface area (Å²) in [4.78, 5) is 35.2. The van der Waals surface area contributed by atoms with Crippen molar-refractivity contribution in [1.82, 2.24) is 10.6 Å². The molecule has 3 amide bonds. The lowest BCUT2D eigenvalue weighted by Gasteiger charge is -2.18. The van der Waals surface area contributed by atoms with Gasteiger partial charge in [0.25, 0.3) is 5.91 Å². The number of primary amides is 1. The maximum absolute atomic E-state index is 12.3. The molecule has 7 heteroatoms. The number of hydrogen-bond donors (Lipinski definition) is 3. The van der Waals surface area contributed by atoms with Crippen molar-refractivity contribution in [3.05, 3.63) is 71.3 Å². The fourth-order valence-electron chi connectivity index (χ4n) is 2.39. The first-order chi connectivity index (χ1) is 12.9. The Kier molecular flexibility index (Phi) is 6.93. The van der Waals surface area contributed by atoms with Crippen molar-refractivity contribution >= 4 is 17.9 Å². The Morgan fingerprint density at radius 2 is 1.63 bits per heavy atom. The van der Waals surface area contributed by atoms with E-state index in [1.54, 1.807) is 24.3 Å². The fourth-order valence-corrected chi connectivity index (χ4v) is 2.39. The normalized spacial score (nSPS) is 12.5. The zero-order chi connectivity index (χ0) is 19.8. The third kappa shape index (κ3) is 6.14. The largest absolute Gasteiger partial charge is 0.449 e. The third-order valence-corrected chi connectivity index (χ3v) is 3.97. The second-order valence-electron chi connectivity index (χ2n) is 6.10. The quantitative estimate of drug-likeness (QED) is 0.650. The van der Waals surface area contributed by atoms with Crippen LogP contribution < -0.4 is 16.4 Å². The van der Waals surface area contributed by atoms with Crippen LogP contribution in [0.3, 0.4) is 0 Å². The number of rotatable bonds is 7. The van der Waals surface area contributed by atoms with E-state index in [9.17, 15) is 14.4 Å². The van der Waals surface area contributed by atoms with E-state index in [1.807, 2.05) is 37.3 Å². The van der Waals surface area contributed by atoms with Gasteiger partial charge in [0.15, 0.2) is 6.10 Å². The van der Waals surface area contributed by atoms with Gasteiger partial charge in [0.2, 0.25) is 0 Å². The first-order valence-corrected chi connectivity index (χ1v) is 8.55. The van der Waals surface area contributed by atoms with Gasteiger partial charge in [-0.2, -0.15) is 0 Å². The molecule has 0 heterocycles. The molecule has 0 fully saturated rings. The summed E-state index contributed by atoms with van der Waals surface area (Å²) in [6, 6.07) is 15.2. The predicted molar refractivity (Wildman–Crippen MR) is 101 cm³/mol. The molecule has 2 unspecified atom stereocenters. The lowest BCUT2D eigenvalue weighted by molar-refractivity contribution is -0.129. The number of carbonyl (C=O) groups is 3. The van der Waals surface area contributed by atoms with Crippen molar-refractivity contribution in [2.24, 2.45) is 5.73 Å². The zero-order valence-electron chi connectivity index (χ0n) is 15.3. The van der Waals surface area contributed by atoms with Crippen LogP contribution in [0.4, 0.5) is 4.79 Å². The number of nitrogens with two attached hydrogens (primary N) is 1. The van der Waals surface area contributed by atoms with E-state index >= 15 is 0 Å². The van der Waals surface area contributed by atoms with Crippen molar-refractivity contribution in [2.45, 2.75) is 32.5 Å². The molecule has 0 spiro atoms. The van der Waals surface area contributed by atoms with Crippen LogP contribution in [0.25, 0.3) is 0 Å². The molecule has 2 aromatic carbocycles. The van der Waals surface area contributed by atoms with Crippen LogP contribution in [0.2, 0.25) is 0 Å². The van der Waals surface area contributed by atoms with Crippen LogP contribution in [0.1, 0.15) is 41.4 Å². The average Bonchev–Trinajstić information content (AvgIpc) is 2.67. The summed E-state index contributed by atoms with van der Waals surface area (Å²) in [7, 11) is 0. The Morgan fingerprint density at radius 1 is 1.00 bits per heavy atom. The number of amides is 3. The molecule has 7 nitrogen and oxygen atoms in total. The summed E-state index contributed by atoms with van der Waals surface area (Å²) in [5, 5.41) is 5.28. The molecule has 0 aliphatic rings. The standard InChI is InChI=1S/C20H23N3O4/c1-13(16-6-4-3-5-7-16)23-18(24)14(2)27-19(25)17-10-8-15(9-11-17)12-22-20(21)26/h3-11,13-14H,12H2,1-2H3,(H,23,24)(H3,21,22,26). The molecule has 142 valence electrons. The molecule has 0 radical (unpaired) electrons. The number of benzene rings is 2. The van der Waals surface area contributed by atoms with Crippen LogP contribution in [0.5, 0.6) is 0 Å². The van der Waals surface area contributed by atoms with Crippen molar-refractivity contribution in [3.63, 3.8) is 0 Å². The van der Waals surface area contributed by atoms with Gasteiger partial charge >= 0.3 is 12.0 Å². The smallest absolute Gasteiger partial charge is 0.338 e. The highest BCUT2D eigenvalue weighted by Gasteiger charge is 2.20. The number of hydrogen-bond acceptors (Lipinski definition) is 4. The first kappa shape index (κ1) is 20.0. The zero-order valence-corrected chi connectivity index (χ0v) is 15.3. The van der Waals surface area contributed by atoms with Gasteiger partial charge < -0.3 is 21.1 Å². The summed E-state index contributed by atoms with van der Waals surface area (Å²) in [5.41, 5.74) is 7.07. The SMILES string of the molecule is CC(OC(=O)c1ccc(CNC(N)=O)cc1)C(=O)NC(C)c1ccccc1. The lowest BCUT2D eigenvalue weighted by atomic mass is 10.1. The fraction of sp³-hybridized carbons (Fsp3) is 0.250. The van der Waals surface area contributed by atoms with E-state index < -0.39 is 18.1 Å². The summed E-state index contributed by atoms with van der Waals surface area (Å²) in [6.07, 6.45) is -0.931. The molecule has 2 rings (SSSR count). The Balaban J connectivity index is 1.88. The van der Waals surface area contributed by atoms with Crippen LogP contribution in [-0.2, 0) is 16.1 Å². The van der Waals surface area contributed by atoms with E-state index in [4.69, 9.17) is 10.5 Å². The molecule has 0 saturated heterocycles. The van der Waals surface area contributed by atoms with Gasteiger partial charge in [-0.25, -0.2) is 9.59 Å². The van der Waals surface area contributed by atoms with Crippen LogP contribution >= 0.6 is 0 Å². The summed E-state index contributed by atoms with van der Waals surface area (Å²) < 4.78 is 5.23. The highest BCUT2D eigenvalue weighted by Crippen LogP contribution is 2.12. The number of ether oxygens (including phenoxy) is 1. The van der Waals surface area contributed by atoms with Crippen LogP contribution in [0, 0.1) is 0 Å². The molecule has 2 aromatic rings. The van der Waals surface area contributed by atoms with Crippen molar-refractivity contribution in [3.8, 4) is 0 Å². The van der Waals surface area contributed by atoms with Gasteiger partial charge in [-0.05, 0) is 37.1 Å². The predicted octanol–water partition coefficient (Wildman–Crippen LogP) is 2.28. The average molecular weight is 369 g/mol. The minimum Gasteiger partial charge on any atom is -0.449 e. The topological polar surface area (TPSA) is 111 Å². The third-order valence-electron chi connectivity index (χ3n) is 3.97. The molecule has 4 N–H and O–H groups in total. The van der Waals surface area contributed by atoms with Gasteiger partial charge in [-0.15, -0.1) is 0 Å². The Bertz CT molecular complexity index is 791. The van der Waals surface area contributed by atoms with Gasteiger partial charge in [0.1, 0.15) is 0 Å². The summed E-state index contributed by atoms with van der Waals surface area (Å²) >= 11 is 0. The molecular formula is C20H23N3O4. The highest BCUT2D eigenvalue weighted by atomic mass is 16.5. The minimum absolute atomic E-state index is 0.197. The van der Waals surface area contributed by atoms with Crippen LogP contribution in [0.15, 0.2) is 54.6 Å². The molecule has 0 bridgehead atoms. The molecule has 2 atom stereocenters. The maximum Gasteiger partial charge on any atom is 0.338 e. The number of esters is 1. The summed E-state index contributed by atoms with van der Waals surface area (Å²) in [5.74, 6) is -0.971. The molecule has 0 aromatic heterocycles.